The molecule has 32 heavy (non-hydrogen) atoms. The van der Waals surface area contributed by atoms with Crippen LogP contribution in [0.4, 0.5) is 5.69 Å². The van der Waals surface area contributed by atoms with E-state index in [0.717, 1.165) is 0 Å². The Morgan fingerprint density at radius 3 is 0.938 bits per heavy atom. The van der Waals surface area contributed by atoms with Gasteiger partial charge in [-0.15, -0.1) is 0 Å². The van der Waals surface area contributed by atoms with E-state index in [0.29, 0.717) is 5.69 Å². The van der Waals surface area contributed by atoms with Gasteiger partial charge in [0, 0.05) is 5.69 Å². The summed E-state index contributed by atoms with van der Waals surface area (Å²) >= 11 is 0. The molecule has 0 atom stereocenters. The molecule has 0 aliphatic carbocycles. The van der Waals surface area contributed by atoms with Crippen molar-refractivity contribution in [3.63, 3.8) is 0 Å². The zero-order chi connectivity index (χ0) is 24.0. The van der Waals surface area contributed by atoms with Crippen LogP contribution in [0.3, 0.4) is 0 Å². The van der Waals surface area contributed by atoms with E-state index in [9.17, 15) is 0 Å². The minimum Gasteiger partial charge on any atom is -0.706 e. The molecule has 0 aliphatic rings. The number of rotatable bonds is 1. The van der Waals surface area contributed by atoms with Crippen LogP contribution in [-0.4, -0.2) is 0 Å². The van der Waals surface area contributed by atoms with Gasteiger partial charge in [-0.2, -0.15) is 0 Å². The summed E-state index contributed by atoms with van der Waals surface area (Å²) in [6, 6.07) is 25.7. The molecule has 0 N–H and O–H groups in total. The average Bonchev–Trinajstić information content (AvgIpc) is 2.85. The predicted octanol–water partition coefficient (Wildman–Crippen LogP) is 8.54. The SMILES string of the molecule is CC.CC.CC.CCC.CCC.[CH3-].[K+].[N-]=Nc1ccccc1.c1ccc2ccccc2c1. The molecule has 178 valence electrons. The Morgan fingerprint density at radius 2 is 0.750 bits per heavy atom. The minimum atomic E-state index is 0. The van der Waals surface area contributed by atoms with Crippen molar-refractivity contribution in [1.29, 1.82) is 0 Å². The minimum absolute atomic E-state index is 0. The Bertz CT molecular complexity index is 588. The molecule has 3 aromatic carbocycles. The van der Waals surface area contributed by atoms with Gasteiger partial charge in [0.05, 0.1) is 0 Å². The molecule has 0 amide bonds. The summed E-state index contributed by atoms with van der Waals surface area (Å²) in [6.45, 7) is 20.5. The van der Waals surface area contributed by atoms with Crippen molar-refractivity contribution < 1.29 is 51.4 Å². The van der Waals surface area contributed by atoms with Crippen LogP contribution in [0.1, 0.15) is 82.1 Å². The molecule has 0 saturated heterocycles. The van der Waals surface area contributed by atoms with Crippen LogP contribution in [0, 0.1) is 7.43 Å². The zero-order valence-electron chi connectivity index (χ0n) is 23.3. The van der Waals surface area contributed by atoms with E-state index in [1.807, 2.05) is 59.7 Å². The van der Waals surface area contributed by atoms with E-state index < -0.39 is 0 Å². The number of hydrogen-bond acceptors (Lipinski definition) is 1. The molecule has 0 spiro atoms. The largest absolute Gasteiger partial charge is 1.00 e. The standard InChI is InChI=1S/C10H8.C6H5N2.2C3H8.3C2H6.CH3.K/c1-2-6-10-8-4-3-7-9(10)5-1;7-8-6-4-2-1-3-5-6;2*1-3-2;3*1-2;;/h1-8H;1-5H;2*3H2,1-2H3;3*1-2H3;1H3;/q;-1;;;;;;-1;+1. The Labute approximate surface area is 244 Å². The second-order valence-electron chi connectivity index (χ2n) is 5.20. The molecule has 2 nitrogen and oxygen atoms in total. The summed E-state index contributed by atoms with van der Waals surface area (Å²) in [5.74, 6) is 0. The van der Waals surface area contributed by atoms with Crippen LogP contribution < -0.4 is 51.4 Å². The number of benzene rings is 3. The van der Waals surface area contributed by atoms with Gasteiger partial charge < -0.3 is 18.1 Å². The maximum Gasteiger partial charge on any atom is 1.00 e. The van der Waals surface area contributed by atoms with Crippen molar-refractivity contribution in [3.8, 4) is 0 Å². The predicted molar refractivity (Wildman–Crippen MR) is 148 cm³/mol. The van der Waals surface area contributed by atoms with E-state index in [2.05, 4.69) is 81.3 Å². The summed E-state index contributed by atoms with van der Waals surface area (Å²) in [7, 11) is 0. The van der Waals surface area contributed by atoms with Crippen LogP contribution in [0.25, 0.3) is 16.3 Å². The van der Waals surface area contributed by atoms with E-state index in [-0.39, 0.29) is 58.8 Å². The van der Waals surface area contributed by atoms with Crippen molar-refractivity contribution in [1.82, 2.24) is 0 Å². The summed E-state index contributed by atoms with van der Waals surface area (Å²) < 4.78 is 0. The van der Waals surface area contributed by atoms with Crippen LogP contribution in [-0.2, 0) is 0 Å². The molecular weight excluding hydrogens is 415 g/mol. The first-order valence-corrected chi connectivity index (χ1v) is 11.6. The van der Waals surface area contributed by atoms with Gasteiger partial charge in [0.15, 0.2) is 0 Å². The van der Waals surface area contributed by atoms with Gasteiger partial charge in [-0.25, -0.2) is 0 Å². The van der Waals surface area contributed by atoms with E-state index in [4.69, 9.17) is 5.53 Å². The summed E-state index contributed by atoms with van der Waals surface area (Å²) in [5.41, 5.74) is 8.75. The Balaban J connectivity index is -0.0000000696. The average molecular weight is 466 g/mol. The Kier molecular flexibility index (Phi) is 61.5. The first kappa shape index (κ1) is 44.8. The van der Waals surface area contributed by atoms with Crippen molar-refractivity contribution >= 4 is 16.5 Å². The molecule has 0 aliphatic heterocycles. The van der Waals surface area contributed by atoms with Crippen molar-refractivity contribution in [2.45, 2.75) is 82.1 Å². The van der Waals surface area contributed by atoms with Gasteiger partial charge in [-0.05, 0) is 22.9 Å². The third kappa shape index (κ3) is 31.3. The monoisotopic (exact) mass is 465 g/mol. The van der Waals surface area contributed by atoms with Gasteiger partial charge in [0.25, 0.3) is 0 Å². The summed E-state index contributed by atoms with van der Waals surface area (Å²) in [6.07, 6.45) is 2.50. The maximum absolute atomic E-state index is 8.16. The zero-order valence-corrected chi connectivity index (χ0v) is 26.4. The first-order chi connectivity index (χ1) is 14.7. The van der Waals surface area contributed by atoms with Crippen LogP contribution in [0.2, 0.25) is 0 Å². The van der Waals surface area contributed by atoms with E-state index in [1.165, 1.54) is 23.6 Å². The van der Waals surface area contributed by atoms with Gasteiger partial charge in [-0.1, -0.05) is 149 Å². The second-order valence-corrected chi connectivity index (χ2v) is 5.20. The van der Waals surface area contributed by atoms with Gasteiger partial charge in [0.2, 0.25) is 0 Å². The van der Waals surface area contributed by atoms with Gasteiger partial charge in [-0.3, -0.25) is 0 Å². The van der Waals surface area contributed by atoms with Crippen LogP contribution in [0.5, 0.6) is 0 Å². The Morgan fingerprint density at radius 1 is 0.531 bits per heavy atom. The van der Waals surface area contributed by atoms with Gasteiger partial charge in [0.1, 0.15) is 0 Å². The third-order valence-corrected chi connectivity index (χ3v) is 2.53. The molecule has 0 saturated carbocycles. The Hall–Kier alpha value is -0.844. The smallest absolute Gasteiger partial charge is 0.706 e. The normalized spacial score (nSPS) is 6.94. The fraction of sp³-hybridized carbons (Fsp3) is 0.414. The van der Waals surface area contributed by atoms with Crippen molar-refractivity contribution in [2.75, 3.05) is 0 Å². The number of fused-ring (bicyclic) bond motifs is 1. The second kappa shape index (κ2) is 43.9. The molecule has 3 aromatic rings. The van der Waals surface area contributed by atoms with E-state index >= 15 is 0 Å². The molecule has 0 fully saturated rings. The van der Waals surface area contributed by atoms with Crippen LogP contribution >= 0.6 is 0 Å². The van der Waals surface area contributed by atoms with E-state index in [1.54, 1.807) is 12.1 Å². The maximum atomic E-state index is 8.16. The van der Waals surface area contributed by atoms with Crippen LogP contribution in [0.15, 0.2) is 84.0 Å². The molecule has 0 radical (unpaired) electrons. The van der Waals surface area contributed by atoms with Crippen molar-refractivity contribution in [2.24, 2.45) is 5.11 Å². The quantitative estimate of drug-likeness (QED) is 0.196. The molecule has 0 heterocycles. The molecular formula is C29H50KN2-. The first-order valence-electron chi connectivity index (χ1n) is 11.6. The molecule has 0 unspecified atom stereocenters. The van der Waals surface area contributed by atoms with Crippen molar-refractivity contribution in [3.05, 3.63) is 91.8 Å². The topological polar surface area (TPSA) is 34.7 Å². The third-order valence-electron chi connectivity index (χ3n) is 2.53. The molecule has 3 rings (SSSR count). The molecule has 0 aromatic heterocycles. The number of hydrogen-bond donors (Lipinski definition) is 0. The summed E-state index contributed by atoms with van der Waals surface area (Å²) in [4.78, 5) is 0. The fourth-order valence-electron chi connectivity index (χ4n) is 1.63. The number of nitrogens with zero attached hydrogens (tertiary/aromatic N) is 2. The van der Waals surface area contributed by atoms with Gasteiger partial charge >= 0.3 is 51.4 Å². The fourth-order valence-corrected chi connectivity index (χ4v) is 1.63. The molecule has 3 heteroatoms. The summed E-state index contributed by atoms with van der Waals surface area (Å²) in [5, 5.41) is 5.59. The molecule has 0 bridgehead atoms.